The van der Waals surface area contributed by atoms with Gasteiger partial charge in [0.1, 0.15) is 30.0 Å². The topological polar surface area (TPSA) is 88.4 Å². The van der Waals surface area contributed by atoms with Gasteiger partial charge in [0.15, 0.2) is 6.29 Å². The smallest absolute Gasteiger partial charge is 0.186 e. The molecule has 0 aliphatic carbocycles. The van der Waals surface area contributed by atoms with Crippen LogP contribution >= 0.6 is 0 Å². The van der Waals surface area contributed by atoms with Crippen molar-refractivity contribution in [2.24, 2.45) is 0 Å². The van der Waals surface area contributed by atoms with Crippen LogP contribution in [-0.4, -0.2) is 59.2 Å². The van der Waals surface area contributed by atoms with Crippen molar-refractivity contribution in [3.05, 3.63) is 108 Å². The molecule has 0 saturated carbocycles. The molecule has 1 aliphatic heterocycles. The molecule has 6 nitrogen and oxygen atoms in total. The van der Waals surface area contributed by atoms with E-state index in [0.29, 0.717) is 6.61 Å². The molecule has 6 heteroatoms. The van der Waals surface area contributed by atoms with E-state index in [2.05, 4.69) is 0 Å². The van der Waals surface area contributed by atoms with Gasteiger partial charge >= 0.3 is 0 Å². The molecule has 35 heavy (non-hydrogen) atoms. The van der Waals surface area contributed by atoms with E-state index in [9.17, 15) is 15.3 Å². The van der Waals surface area contributed by atoms with Gasteiger partial charge in [-0.25, -0.2) is 0 Å². The van der Waals surface area contributed by atoms with Crippen LogP contribution in [0.5, 0.6) is 0 Å². The molecule has 1 saturated heterocycles. The second-order valence-corrected chi connectivity index (χ2v) is 8.83. The summed E-state index contributed by atoms with van der Waals surface area (Å²) < 4.78 is 18.3. The monoisotopic (exact) mass is 478 g/mol. The maximum absolute atomic E-state index is 10.7. The Balaban J connectivity index is 1.69. The van der Waals surface area contributed by atoms with E-state index < -0.39 is 36.3 Å². The summed E-state index contributed by atoms with van der Waals surface area (Å²) in [7, 11) is 0. The standard InChI is InChI=1S/C29H34O6/c1-2-3-19-33-28-27(32)26(31)25(30)24(35-28)20-34-29(21-13-7-4-8-14-21,22-15-9-5-10-16-22)23-17-11-6-12-18-23/h4-18,24-28,30-32H,2-3,19-20H2,1H3/t24-,25-,26+,27-,28+/m1/s1. The van der Waals surface area contributed by atoms with Crippen molar-refractivity contribution in [3.8, 4) is 0 Å². The first-order valence-electron chi connectivity index (χ1n) is 12.2. The highest BCUT2D eigenvalue weighted by Gasteiger charge is 2.46. The van der Waals surface area contributed by atoms with Crippen molar-refractivity contribution in [1.29, 1.82) is 0 Å². The Morgan fingerprint density at radius 2 is 1.20 bits per heavy atom. The molecule has 4 rings (SSSR count). The van der Waals surface area contributed by atoms with Crippen LogP contribution in [0.3, 0.4) is 0 Å². The summed E-state index contributed by atoms with van der Waals surface area (Å²) in [4.78, 5) is 0. The van der Waals surface area contributed by atoms with Gasteiger partial charge in [-0.2, -0.15) is 0 Å². The lowest BCUT2D eigenvalue weighted by Gasteiger charge is -2.42. The molecule has 0 aromatic heterocycles. The Kier molecular flexibility index (Phi) is 8.68. The molecule has 0 unspecified atom stereocenters. The fraction of sp³-hybridized carbons (Fsp3) is 0.379. The highest BCUT2D eigenvalue weighted by atomic mass is 16.7. The number of ether oxygens (including phenoxy) is 3. The molecule has 1 fully saturated rings. The lowest BCUT2D eigenvalue weighted by Crippen LogP contribution is -2.59. The third-order valence-corrected chi connectivity index (χ3v) is 6.45. The molecule has 0 radical (unpaired) electrons. The molecular weight excluding hydrogens is 444 g/mol. The molecule has 1 heterocycles. The Morgan fingerprint density at radius 3 is 1.66 bits per heavy atom. The molecule has 0 amide bonds. The first kappa shape index (κ1) is 25.5. The van der Waals surface area contributed by atoms with Crippen molar-refractivity contribution in [2.45, 2.75) is 56.1 Å². The molecule has 5 atom stereocenters. The maximum atomic E-state index is 10.7. The molecule has 0 spiro atoms. The largest absolute Gasteiger partial charge is 0.387 e. The van der Waals surface area contributed by atoms with Crippen molar-refractivity contribution >= 4 is 0 Å². The van der Waals surface area contributed by atoms with Gasteiger partial charge in [-0.05, 0) is 23.1 Å². The Hall–Kier alpha value is -2.58. The highest BCUT2D eigenvalue weighted by Crippen LogP contribution is 2.41. The van der Waals surface area contributed by atoms with E-state index >= 15 is 0 Å². The third-order valence-electron chi connectivity index (χ3n) is 6.45. The molecular formula is C29H34O6. The normalized spacial score (nSPS) is 24.9. The summed E-state index contributed by atoms with van der Waals surface area (Å²) in [5.41, 5.74) is 1.75. The number of aliphatic hydroxyl groups is 3. The number of hydrogen-bond donors (Lipinski definition) is 3. The maximum Gasteiger partial charge on any atom is 0.186 e. The van der Waals surface area contributed by atoms with E-state index in [1.807, 2.05) is 97.9 Å². The van der Waals surface area contributed by atoms with E-state index in [1.165, 1.54) is 0 Å². The van der Waals surface area contributed by atoms with Gasteiger partial charge < -0.3 is 29.5 Å². The number of unbranched alkanes of at least 4 members (excludes halogenated alkanes) is 1. The van der Waals surface area contributed by atoms with Gasteiger partial charge in [0.2, 0.25) is 0 Å². The van der Waals surface area contributed by atoms with Crippen molar-refractivity contribution < 1.29 is 29.5 Å². The summed E-state index contributed by atoms with van der Waals surface area (Å²) in [6.07, 6.45) is -4.33. The summed E-state index contributed by atoms with van der Waals surface area (Å²) in [5, 5.41) is 31.6. The SMILES string of the molecule is CCCCO[C@H]1O[C@H](COC(c2ccccc2)(c2ccccc2)c2ccccc2)[C@@H](O)[C@H](O)[C@H]1O. The lowest BCUT2D eigenvalue weighted by molar-refractivity contribution is -0.305. The van der Waals surface area contributed by atoms with Gasteiger partial charge in [0.05, 0.1) is 6.61 Å². The van der Waals surface area contributed by atoms with Crippen LogP contribution < -0.4 is 0 Å². The van der Waals surface area contributed by atoms with Crippen LogP contribution in [0.15, 0.2) is 91.0 Å². The zero-order valence-corrected chi connectivity index (χ0v) is 19.9. The van der Waals surface area contributed by atoms with Gasteiger partial charge in [0, 0.05) is 6.61 Å². The highest BCUT2D eigenvalue weighted by molar-refractivity contribution is 5.47. The van der Waals surface area contributed by atoms with Crippen LogP contribution in [0.4, 0.5) is 0 Å². The van der Waals surface area contributed by atoms with Crippen LogP contribution in [0.25, 0.3) is 0 Å². The van der Waals surface area contributed by atoms with Crippen LogP contribution in [0, 0.1) is 0 Å². The minimum atomic E-state index is -1.41. The minimum Gasteiger partial charge on any atom is -0.387 e. The second kappa shape index (κ2) is 11.9. The molecule has 1 aliphatic rings. The number of aliphatic hydroxyl groups excluding tert-OH is 3. The molecule has 186 valence electrons. The third kappa shape index (κ3) is 5.48. The van der Waals surface area contributed by atoms with Crippen LogP contribution in [0.2, 0.25) is 0 Å². The van der Waals surface area contributed by atoms with Crippen molar-refractivity contribution in [3.63, 3.8) is 0 Å². The van der Waals surface area contributed by atoms with Gasteiger partial charge in [-0.3, -0.25) is 0 Å². The van der Waals surface area contributed by atoms with E-state index in [-0.39, 0.29) is 6.61 Å². The van der Waals surface area contributed by atoms with Gasteiger partial charge in [-0.15, -0.1) is 0 Å². The van der Waals surface area contributed by atoms with Crippen molar-refractivity contribution in [2.75, 3.05) is 13.2 Å². The predicted molar refractivity (Wildman–Crippen MR) is 133 cm³/mol. The summed E-state index contributed by atoms with van der Waals surface area (Å²) in [6, 6.07) is 29.7. The summed E-state index contributed by atoms with van der Waals surface area (Å²) in [5.74, 6) is 0. The molecule has 0 bridgehead atoms. The average Bonchev–Trinajstić information content (AvgIpc) is 2.92. The molecule has 3 N–H and O–H groups in total. The Bertz CT molecular complexity index is 916. The number of rotatable bonds is 10. The lowest BCUT2D eigenvalue weighted by atomic mass is 9.80. The first-order valence-corrected chi connectivity index (χ1v) is 12.2. The minimum absolute atomic E-state index is 0.0444. The second-order valence-electron chi connectivity index (χ2n) is 8.83. The van der Waals surface area contributed by atoms with Crippen LogP contribution in [-0.2, 0) is 19.8 Å². The molecule has 3 aromatic rings. The average molecular weight is 479 g/mol. The zero-order chi connectivity index (χ0) is 24.7. The zero-order valence-electron chi connectivity index (χ0n) is 19.9. The number of benzene rings is 3. The quantitative estimate of drug-likeness (QED) is 0.305. The Morgan fingerprint density at radius 1 is 0.714 bits per heavy atom. The molecule has 3 aromatic carbocycles. The van der Waals surface area contributed by atoms with Crippen LogP contribution in [0.1, 0.15) is 36.5 Å². The summed E-state index contributed by atoms with van der Waals surface area (Å²) in [6.45, 7) is 2.38. The fourth-order valence-corrected chi connectivity index (χ4v) is 4.51. The van der Waals surface area contributed by atoms with E-state index in [4.69, 9.17) is 14.2 Å². The Labute approximate surface area is 206 Å². The summed E-state index contributed by atoms with van der Waals surface area (Å²) >= 11 is 0. The first-order chi connectivity index (χ1) is 17.1. The van der Waals surface area contributed by atoms with Crippen molar-refractivity contribution in [1.82, 2.24) is 0 Å². The van der Waals surface area contributed by atoms with Gasteiger partial charge in [-0.1, -0.05) is 104 Å². The fourth-order valence-electron chi connectivity index (χ4n) is 4.51. The number of hydrogen-bond acceptors (Lipinski definition) is 6. The van der Waals surface area contributed by atoms with Gasteiger partial charge in [0.25, 0.3) is 0 Å². The van der Waals surface area contributed by atoms with E-state index in [0.717, 1.165) is 29.5 Å². The van der Waals surface area contributed by atoms with E-state index in [1.54, 1.807) is 0 Å². The predicted octanol–water partition coefficient (Wildman–Crippen LogP) is 3.62.